The topological polar surface area (TPSA) is 39.7 Å². The molecule has 1 saturated carbocycles. The molecule has 1 aromatic heterocycles. The van der Waals surface area contributed by atoms with E-state index in [-0.39, 0.29) is 24.0 Å². The Kier molecular flexibility index (Phi) is 8.71. The first-order chi connectivity index (χ1) is 10.1. The number of hydrogen-bond donors (Lipinski definition) is 2. The fourth-order valence-corrected chi connectivity index (χ4v) is 3.16. The van der Waals surface area contributed by atoms with Crippen molar-refractivity contribution in [1.29, 1.82) is 0 Å². The Morgan fingerprint density at radius 1 is 1.36 bits per heavy atom. The van der Waals surface area contributed by atoms with Crippen LogP contribution in [0.15, 0.2) is 22.5 Å². The number of aliphatic imine (C=N–C) groups is 1. The van der Waals surface area contributed by atoms with Crippen molar-refractivity contribution in [2.75, 3.05) is 27.2 Å². The van der Waals surface area contributed by atoms with Gasteiger partial charge in [0.2, 0.25) is 0 Å². The fraction of sp³-hybridized carbons (Fsp3) is 0.688. The molecular formula is C16H29IN4S. The molecule has 0 spiro atoms. The van der Waals surface area contributed by atoms with Gasteiger partial charge >= 0.3 is 0 Å². The van der Waals surface area contributed by atoms with Gasteiger partial charge in [-0.15, -0.1) is 35.3 Å². The minimum absolute atomic E-state index is 0. The fourth-order valence-electron chi connectivity index (χ4n) is 2.37. The summed E-state index contributed by atoms with van der Waals surface area (Å²) in [6.07, 6.45) is 2.71. The monoisotopic (exact) mass is 436 g/mol. The van der Waals surface area contributed by atoms with Crippen LogP contribution in [-0.4, -0.2) is 50.1 Å². The van der Waals surface area contributed by atoms with Crippen LogP contribution in [0.5, 0.6) is 0 Å². The summed E-state index contributed by atoms with van der Waals surface area (Å²) < 4.78 is 0. The maximum absolute atomic E-state index is 4.31. The standard InChI is InChI=1S/C16H28N4S.HI/c1-12(15-6-5-9-21-15)10-18-16(17-3)19-11-13(2)20(4)14-7-8-14;/h5-6,9,12-14H,7-8,10-11H2,1-4H3,(H2,17,18,19);1H. The predicted molar refractivity (Wildman–Crippen MR) is 108 cm³/mol. The van der Waals surface area contributed by atoms with Gasteiger partial charge in [-0.3, -0.25) is 9.89 Å². The lowest BCUT2D eigenvalue weighted by molar-refractivity contribution is 0.247. The largest absolute Gasteiger partial charge is 0.356 e. The molecule has 1 heterocycles. The van der Waals surface area contributed by atoms with Gasteiger partial charge in [-0.05, 0) is 38.3 Å². The number of halogens is 1. The van der Waals surface area contributed by atoms with E-state index in [1.54, 1.807) is 0 Å². The lowest BCUT2D eigenvalue weighted by atomic mass is 10.1. The molecule has 2 atom stereocenters. The molecule has 0 saturated heterocycles. The maximum Gasteiger partial charge on any atom is 0.191 e. The first kappa shape index (κ1) is 19.7. The number of guanidine groups is 1. The molecule has 0 aromatic carbocycles. The number of nitrogens with zero attached hydrogens (tertiary/aromatic N) is 2. The van der Waals surface area contributed by atoms with E-state index in [0.29, 0.717) is 12.0 Å². The molecule has 0 aliphatic heterocycles. The van der Waals surface area contributed by atoms with Crippen LogP contribution in [0.2, 0.25) is 0 Å². The van der Waals surface area contributed by atoms with Gasteiger partial charge in [0.05, 0.1) is 0 Å². The molecule has 1 aliphatic carbocycles. The molecule has 126 valence electrons. The second-order valence-electron chi connectivity index (χ2n) is 6.00. The van der Waals surface area contributed by atoms with Crippen LogP contribution < -0.4 is 10.6 Å². The molecule has 1 aromatic rings. The minimum atomic E-state index is 0. The first-order valence-corrected chi connectivity index (χ1v) is 8.69. The second kappa shape index (κ2) is 9.72. The van der Waals surface area contributed by atoms with Crippen molar-refractivity contribution in [3.63, 3.8) is 0 Å². The van der Waals surface area contributed by atoms with E-state index < -0.39 is 0 Å². The molecule has 1 fully saturated rings. The van der Waals surface area contributed by atoms with E-state index >= 15 is 0 Å². The highest BCUT2D eigenvalue weighted by Crippen LogP contribution is 2.26. The Morgan fingerprint density at radius 2 is 2.05 bits per heavy atom. The van der Waals surface area contributed by atoms with Gasteiger partial charge in [0, 0.05) is 43.0 Å². The predicted octanol–water partition coefficient (Wildman–Crippen LogP) is 3.12. The van der Waals surface area contributed by atoms with Crippen molar-refractivity contribution in [3.05, 3.63) is 22.4 Å². The summed E-state index contributed by atoms with van der Waals surface area (Å²) in [7, 11) is 4.06. The lowest BCUT2D eigenvalue weighted by Gasteiger charge is -2.25. The molecular weight excluding hydrogens is 407 g/mol. The Hall–Kier alpha value is -0.340. The molecule has 22 heavy (non-hydrogen) atoms. The van der Waals surface area contributed by atoms with E-state index in [1.165, 1.54) is 17.7 Å². The number of rotatable bonds is 7. The molecule has 0 radical (unpaired) electrons. The van der Waals surface area contributed by atoms with Gasteiger partial charge in [-0.1, -0.05) is 13.0 Å². The SMILES string of the molecule is CN=C(NCC(C)c1cccs1)NCC(C)N(C)C1CC1.I. The molecule has 2 unspecified atom stereocenters. The number of thiophene rings is 1. The molecule has 4 nitrogen and oxygen atoms in total. The Labute approximate surface area is 155 Å². The van der Waals surface area contributed by atoms with Crippen LogP contribution >= 0.6 is 35.3 Å². The first-order valence-electron chi connectivity index (χ1n) is 7.81. The summed E-state index contributed by atoms with van der Waals surface area (Å²) in [5.74, 6) is 1.41. The quantitative estimate of drug-likeness (QED) is 0.392. The number of nitrogens with one attached hydrogen (secondary N) is 2. The van der Waals surface area contributed by atoms with E-state index in [4.69, 9.17) is 0 Å². The van der Waals surface area contributed by atoms with Gasteiger partial charge < -0.3 is 10.6 Å². The third-order valence-corrected chi connectivity index (χ3v) is 5.32. The highest BCUT2D eigenvalue weighted by atomic mass is 127. The average Bonchev–Trinajstić information content (AvgIpc) is 3.20. The van der Waals surface area contributed by atoms with Crippen molar-refractivity contribution in [2.45, 2.75) is 44.7 Å². The second-order valence-corrected chi connectivity index (χ2v) is 6.98. The van der Waals surface area contributed by atoms with E-state index in [0.717, 1.165) is 25.1 Å². The molecule has 1 aliphatic rings. The van der Waals surface area contributed by atoms with Crippen LogP contribution in [0, 0.1) is 0 Å². The highest BCUT2D eigenvalue weighted by molar-refractivity contribution is 14.0. The van der Waals surface area contributed by atoms with Crippen LogP contribution in [0.3, 0.4) is 0 Å². The van der Waals surface area contributed by atoms with Crippen molar-refractivity contribution in [2.24, 2.45) is 4.99 Å². The zero-order valence-electron chi connectivity index (χ0n) is 14.0. The van der Waals surface area contributed by atoms with E-state index in [9.17, 15) is 0 Å². The van der Waals surface area contributed by atoms with Gasteiger partial charge in [0.25, 0.3) is 0 Å². The van der Waals surface area contributed by atoms with Crippen molar-refractivity contribution in [3.8, 4) is 0 Å². The van der Waals surface area contributed by atoms with Crippen LogP contribution in [-0.2, 0) is 0 Å². The van der Waals surface area contributed by atoms with Crippen molar-refractivity contribution in [1.82, 2.24) is 15.5 Å². The third-order valence-electron chi connectivity index (χ3n) is 4.21. The lowest BCUT2D eigenvalue weighted by Crippen LogP contribution is -2.46. The molecule has 6 heteroatoms. The smallest absolute Gasteiger partial charge is 0.191 e. The summed E-state index contributed by atoms with van der Waals surface area (Å²) in [5.41, 5.74) is 0. The highest BCUT2D eigenvalue weighted by Gasteiger charge is 2.28. The zero-order valence-corrected chi connectivity index (χ0v) is 17.2. The van der Waals surface area contributed by atoms with Gasteiger partial charge in [0.15, 0.2) is 5.96 Å². The summed E-state index contributed by atoms with van der Waals surface area (Å²) in [6, 6.07) is 5.64. The van der Waals surface area contributed by atoms with Gasteiger partial charge in [-0.2, -0.15) is 0 Å². The Balaban J connectivity index is 0.00000242. The summed E-state index contributed by atoms with van der Waals surface area (Å²) in [4.78, 5) is 8.20. The summed E-state index contributed by atoms with van der Waals surface area (Å²) in [5, 5.41) is 8.99. The average molecular weight is 436 g/mol. The van der Waals surface area contributed by atoms with Crippen LogP contribution in [0.25, 0.3) is 0 Å². The molecule has 2 N–H and O–H groups in total. The zero-order chi connectivity index (χ0) is 15.2. The van der Waals surface area contributed by atoms with Crippen LogP contribution in [0.4, 0.5) is 0 Å². The third kappa shape index (κ3) is 6.04. The van der Waals surface area contributed by atoms with Crippen molar-refractivity contribution >= 4 is 41.3 Å². The Morgan fingerprint density at radius 3 is 2.59 bits per heavy atom. The maximum atomic E-state index is 4.31. The van der Waals surface area contributed by atoms with Gasteiger partial charge in [0.1, 0.15) is 0 Å². The van der Waals surface area contributed by atoms with Gasteiger partial charge in [-0.25, -0.2) is 0 Å². The molecule has 0 bridgehead atoms. The van der Waals surface area contributed by atoms with E-state index in [2.05, 4.69) is 58.9 Å². The number of hydrogen-bond acceptors (Lipinski definition) is 3. The Bertz CT molecular complexity index is 445. The normalized spacial score (nSPS) is 17.8. The van der Waals surface area contributed by atoms with Crippen LogP contribution in [0.1, 0.15) is 37.5 Å². The molecule has 2 rings (SSSR count). The minimum Gasteiger partial charge on any atom is -0.356 e. The summed E-state index contributed by atoms with van der Waals surface area (Å²) in [6.45, 7) is 6.36. The van der Waals surface area contributed by atoms with Crippen molar-refractivity contribution < 1.29 is 0 Å². The molecule has 0 amide bonds. The number of likely N-dealkylation sites (N-methyl/N-ethyl adjacent to an activating group) is 1. The summed E-state index contributed by atoms with van der Waals surface area (Å²) >= 11 is 1.82. The van der Waals surface area contributed by atoms with E-state index in [1.807, 2.05) is 18.4 Å².